The summed E-state index contributed by atoms with van der Waals surface area (Å²) < 4.78 is 1.87. The summed E-state index contributed by atoms with van der Waals surface area (Å²) in [4.78, 5) is 21.6. The van der Waals surface area contributed by atoms with Gasteiger partial charge in [-0.3, -0.25) is 4.79 Å². The van der Waals surface area contributed by atoms with Crippen LogP contribution in [0.1, 0.15) is 34.3 Å². The highest BCUT2D eigenvalue weighted by molar-refractivity contribution is 9.09. The zero-order valence-corrected chi connectivity index (χ0v) is 21.1. The number of aliphatic imine (C=N–C) groups is 1. The predicted molar refractivity (Wildman–Crippen MR) is 140 cm³/mol. The Morgan fingerprint density at radius 3 is 1.91 bits per heavy atom. The molecular formula is C26H29BrN4O2. The van der Waals surface area contributed by atoms with Gasteiger partial charge in [-0.1, -0.05) is 40.2 Å². The molecule has 0 saturated heterocycles. The van der Waals surface area contributed by atoms with Gasteiger partial charge in [-0.2, -0.15) is 0 Å². The summed E-state index contributed by atoms with van der Waals surface area (Å²) >= 11 is 3.48. The summed E-state index contributed by atoms with van der Waals surface area (Å²) in [6.45, 7) is 0.620. The molecule has 0 spiro atoms. The monoisotopic (exact) mass is 508 g/mol. The molecule has 1 aliphatic rings. The number of amides is 1. The average Bonchev–Trinajstić information content (AvgIpc) is 3.29. The Morgan fingerprint density at radius 2 is 1.39 bits per heavy atom. The van der Waals surface area contributed by atoms with Gasteiger partial charge in [-0.25, -0.2) is 4.99 Å². The number of halogens is 1. The summed E-state index contributed by atoms with van der Waals surface area (Å²) in [5.74, 6) is -0.203. The molecule has 0 unspecified atom stereocenters. The van der Waals surface area contributed by atoms with Crippen LogP contribution in [0.4, 0.5) is 11.4 Å². The standard InChI is InChI=1S/C26H29BrN4O2/c1-29(2)19-11-7-17(8-12-19)23-21-22(25(32)28-23)24(31(26(21)33)16-6-5-15-27)18-9-13-20(14-10-18)30(3)4/h7-14,33H,5-6,15-16H2,1-4H3. The second kappa shape index (κ2) is 9.43. The number of anilines is 2. The van der Waals surface area contributed by atoms with Crippen molar-refractivity contribution in [2.24, 2.45) is 4.99 Å². The van der Waals surface area contributed by atoms with Gasteiger partial charge in [0.2, 0.25) is 5.88 Å². The highest BCUT2D eigenvalue weighted by atomic mass is 79.9. The number of carbonyl (C=O) groups is 1. The van der Waals surface area contributed by atoms with E-state index < -0.39 is 0 Å². The number of aromatic nitrogens is 1. The van der Waals surface area contributed by atoms with E-state index in [2.05, 4.69) is 20.9 Å². The maximum atomic E-state index is 13.2. The zero-order chi connectivity index (χ0) is 23.7. The molecule has 2 aromatic carbocycles. The smallest absolute Gasteiger partial charge is 0.280 e. The van der Waals surface area contributed by atoms with Crippen LogP contribution in [0.25, 0.3) is 11.3 Å². The van der Waals surface area contributed by atoms with Gasteiger partial charge >= 0.3 is 0 Å². The van der Waals surface area contributed by atoms with Gasteiger partial charge in [-0.05, 0) is 42.7 Å². The van der Waals surface area contributed by atoms with Crippen molar-refractivity contribution in [2.75, 3.05) is 43.3 Å². The summed E-state index contributed by atoms with van der Waals surface area (Å²) in [6, 6.07) is 15.9. The minimum absolute atomic E-state index is 0.104. The van der Waals surface area contributed by atoms with Gasteiger partial charge < -0.3 is 19.5 Å². The van der Waals surface area contributed by atoms with Crippen LogP contribution in [0, 0.1) is 0 Å². The zero-order valence-electron chi connectivity index (χ0n) is 19.5. The van der Waals surface area contributed by atoms with Gasteiger partial charge in [0.05, 0.1) is 22.5 Å². The number of benzene rings is 2. The first-order valence-corrected chi connectivity index (χ1v) is 12.2. The van der Waals surface area contributed by atoms with Crippen molar-refractivity contribution >= 4 is 38.9 Å². The Labute approximate surface area is 203 Å². The summed E-state index contributed by atoms with van der Waals surface area (Å²) in [5, 5.41) is 12.2. The van der Waals surface area contributed by atoms with Gasteiger partial charge in [0.1, 0.15) is 0 Å². The molecule has 0 saturated carbocycles. The largest absolute Gasteiger partial charge is 0.494 e. The number of hydrogen-bond donors (Lipinski definition) is 1. The van der Waals surface area contributed by atoms with E-state index >= 15 is 0 Å². The van der Waals surface area contributed by atoms with Crippen molar-refractivity contribution in [2.45, 2.75) is 19.4 Å². The van der Waals surface area contributed by atoms with Crippen molar-refractivity contribution in [1.29, 1.82) is 0 Å². The molecule has 0 fully saturated rings. The third kappa shape index (κ3) is 4.29. The van der Waals surface area contributed by atoms with Crippen LogP contribution in [0.3, 0.4) is 0 Å². The molecule has 1 amide bonds. The van der Waals surface area contributed by atoms with E-state index in [1.54, 1.807) is 0 Å². The predicted octanol–water partition coefficient (Wildman–Crippen LogP) is 5.16. The SMILES string of the molecule is CN(C)c1ccc(C2=NC(=O)c3c2c(O)n(CCCCBr)c3-c2ccc(N(C)C)cc2)cc1. The molecular weight excluding hydrogens is 480 g/mol. The topological polar surface area (TPSA) is 61.1 Å². The third-order valence-corrected chi connectivity index (χ3v) is 6.54. The lowest BCUT2D eigenvalue weighted by atomic mass is 10.00. The first-order chi connectivity index (χ1) is 15.8. The quantitative estimate of drug-likeness (QED) is 0.337. The van der Waals surface area contributed by atoms with Crippen molar-refractivity contribution in [1.82, 2.24) is 4.57 Å². The third-order valence-electron chi connectivity index (χ3n) is 5.98. The lowest BCUT2D eigenvalue weighted by molar-refractivity contribution is 0.101. The second-order valence-corrected chi connectivity index (χ2v) is 9.41. The van der Waals surface area contributed by atoms with Crippen molar-refractivity contribution in [3.8, 4) is 17.1 Å². The van der Waals surface area contributed by atoms with Gasteiger partial charge in [0, 0.05) is 57.0 Å². The molecule has 1 aliphatic heterocycles. The number of fused-ring (bicyclic) bond motifs is 1. The first-order valence-electron chi connectivity index (χ1n) is 11.0. The van der Waals surface area contributed by atoms with E-state index in [9.17, 15) is 9.90 Å². The molecule has 4 rings (SSSR count). The maximum absolute atomic E-state index is 13.2. The number of carbonyl (C=O) groups excluding carboxylic acids is 1. The van der Waals surface area contributed by atoms with Crippen LogP contribution < -0.4 is 9.80 Å². The van der Waals surface area contributed by atoms with Crippen LogP contribution in [0.2, 0.25) is 0 Å². The van der Waals surface area contributed by atoms with Crippen LogP contribution in [-0.2, 0) is 6.54 Å². The first kappa shape index (κ1) is 23.1. The number of unbranched alkanes of at least 4 members (excludes halogenated alkanes) is 1. The van der Waals surface area contributed by atoms with Crippen molar-refractivity contribution < 1.29 is 9.90 Å². The lowest BCUT2D eigenvalue weighted by Gasteiger charge is -2.15. The fraction of sp³-hybridized carbons (Fsp3) is 0.308. The number of nitrogens with zero attached hydrogens (tertiary/aromatic N) is 4. The summed E-state index contributed by atoms with van der Waals surface area (Å²) in [5.41, 5.74) is 6.11. The molecule has 33 heavy (non-hydrogen) atoms. The highest BCUT2D eigenvalue weighted by Gasteiger charge is 2.36. The molecule has 1 N–H and O–H groups in total. The Balaban J connectivity index is 1.84. The molecule has 1 aromatic heterocycles. The Kier molecular flexibility index (Phi) is 6.61. The van der Waals surface area contributed by atoms with Crippen LogP contribution >= 0.6 is 15.9 Å². The maximum Gasteiger partial charge on any atom is 0.280 e. The number of aromatic hydroxyl groups is 1. The van der Waals surface area contributed by atoms with Gasteiger partial charge in [0.25, 0.3) is 5.91 Å². The van der Waals surface area contributed by atoms with Crippen molar-refractivity contribution in [3.05, 3.63) is 65.2 Å². The molecule has 172 valence electrons. The summed E-state index contributed by atoms with van der Waals surface area (Å²) in [6.07, 6.45) is 1.86. The van der Waals surface area contributed by atoms with E-state index in [4.69, 9.17) is 0 Å². The van der Waals surface area contributed by atoms with Crippen LogP contribution in [-0.4, -0.2) is 54.8 Å². The lowest BCUT2D eigenvalue weighted by Crippen LogP contribution is -2.09. The average molecular weight is 509 g/mol. The number of rotatable bonds is 8. The highest BCUT2D eigenvalue weighted by Crippen LogP contribution is 2.41. The Hall–Kier alpha value is -3.06. The molecule has 0 atom stereocenters. The number of alkyl halides is 1. The van der Waals surface area contributed by atoms with Crippen LogP contribution in [0.5, 0.6) is 5.88 Å². The van der Waals surface area contributed by atoms with E-state index in [-0.39, 0.29) is 11.8 Å². The van der Waals surface area contributed by atoms with E-state index in [0.29, 0.717) is 23.4 Å². The minimum Gasteiger partial charge on any atom is -0.494 e. The molecule has 3 aromatic rings. The number of hydrogen-bond acceptors (Lipinski definition) is 4. The fourth-order valence-corrected chi connectivity index (χ4v) is 4.57. The van der Waals surface area contributed by atoms with E-state index in [1.807, 2.05) is 91.1 Å². The summed E-state index contributed by atoms with van der Waals surface area (Å²) in [7, 11) is 7.95. The van der Waals surface area contributed by atoms with Gasteiger partial charge in [0.15, 0.2) is 0 Å². The van der Waals surface area contributed by atoms with Gasteiger partial charge in [-0.15, -0.1) is 0 Å². The second-order valence-electron chi connectivity index (χ2n) is 8.62. The van der Waals surface area contributed by atoms with Crippen LogP contribution in [0.15, 0.2) is 53.5 Å². The van der Waals surface area contributed by atoms with Crippen molar-refractivity contribution in [3.63, 3.8) is 0 Å². The normalized spacial score (nSPS) is 12.6. The molecule has 7 heteroatoms. The Morgan fingerprint density at radius 1 is 0.848 bits per heavy atom. The molecule has 0 bridgehead atoms. The Bertz CT molecular complexity index is 1190. The minimum atomic E-state index is -0.307. The molecule has 6 nitrogen and oxygen atoms in total. The fourth-order valence-electron chi connectivity index (χ4n) is 4.18. The molecule has 2 heterocycles. The molecule has 0 radical (unpaired) electrons. The molecule has 0 aliphatic carbocycles. The van der Waals surface area contributed by atoms with E-state index in [1.165, 1.54) is 0 Å². The van der Waals surface area contributed by atoms with E-state index in [0.717, 1.165) is 46.4 Å².